The minimum absolute atomic E-state index is 0.221. The Morgan fingerprint density at radius 3 is 2.54 bits per heavy atom. The van der Waals surface area contributed by atoms with E-state index in [0.29, 0.717) is 0 Å². The van der Waals surface area contributed by atoms with Crippen LogP contribution in [0.1, 0.15) is 6.42 Å². The number of piperazine rings is 1. The van der Waals surface area contributed by atoms with E-state index in [9.17, 15) is 9.59 Å². The fourth-order valence-electron chi connectivity index (χ4n) is 1.74. The molecule has 1 atom stereocenters. The van der Waals surface area contributed by atoms with Crippen LogP contribution in [0.25, 0.3) is 0 Å². The SMILES string of the molecule is O=C1CC(N2CCNCC2)C(=O)O1. The van der Waals surface area contributed by atoms with Crippen molar-refractivity contribution in [2.45, 2.75) is 12.5 Å². The Balaban J connectivity index is 1.99. The third kappa shape index (κ3) is 1.71. The molecule has 0 saturated carbocycles. The second-order valence-electron chi connectivity index (χ2n) is 3.30. The maximum absolute atomic E-state index is 11.2. The van der Waals surface area contributed by atoms with Gasteiger partial charge in [-0.3, -0.25) is 9.69 Å². The van der Waals surface area contributed by atoms with Crippen LogP contribution in [0.4, 0.5) is 0 Å². The van der Waals surface area contributed by atoms with E-state index in [1.165, 1.54) is 0 Å². The molecule has 13 heavy (non-hydrogen) atoms. The van der Waals surface area contributed by atoms with Gasteiger partial charge in [0.25, 0.3) is 0 Å². The molecule has 0 radical (unpaired) electrons. The summed E-state index contributed by atoms with van der Waals surface area (Å²) in [5, 5.41) is 3.19. The Labute approximate surface area is 76.0 Å². The van der Waals surface area contributed by atoms with Gasteiger partial charge in [-0.1, -0.05) is 0 Å². The van der Waals surface area contributed by atoms with Crippen molar-refractivity contribution in [2.75, 3.05) is 26.2 Å². The lowest BCUT2D eigenvalue weighted by Crippen LogP contribution is -2.49. The van der Waals surface area contributed by atoms with Gasteiger partial charge in [0.1, 0.15) is 6.04 Å². The molecule has 0 aromatic carbocycles. The zero-order chi connectivity index (χ0) is 9.26. The van der Waals surface area contributed by atoms with Gasteiger partial charge in [-0.25, -0.2) is 4.79 Å². The Hall–Kier alpha value is -0.940. The Kier molecular flexibility index (Phi) is 2.28. The first-order chi connectivity index (χ1) is 6.27. The summed E-state index contributed by atoms with van der Waals surface area (Å²) >= 11 is 0. The standard InChI is InChI=1S/C8H12N2O3/c11-7-5-6(8(12)13-7)10-3-1-9-2-4-10/h6,9H,1-5H2. The first kappa shape index (κ1) is 8.65. The summed E-state index contributed by atoms with van der Waals surface area (Å²) in [6, 6.07) is -0.324. The minimum atomic E-state index is -0.395. The van der Waals surface area contributed by atoms with Crippen LogP contribution in [-0.2, 0) is 14.3 Å². The number of hydrogen-bond donors (Lipinski definition) is 1. The summed E-state index contributed by atoms with van der Waals surface area (Å²) < 4.78 is 4.49. The quantitative estimate of drug-likeness (QED) is 0.407. The van der Waals surface area contributed by atoms with Gasteiger partial charge in [-0.15, -0.1) is 0 Å². The molecule has 0 aromatic rings. The van der Waals surface area contributed by atoms with Gasteiger partial charge < -0.3 is 10.1 Å². The summed E-state index contributed by atoms with van der Waals surface area (Å²) in [6.45, 7) is 3.37. The highest BCUT2D eigenvalue weighted by molar-refractivity contribution is 5.96. The average Bonchev–Trinajstić information content (AvgIpc) is 2.47. The smallest absolute Gasteiger partial charge is 0.331 e. The maximum Gasteiger partial charge on any atom is 0.331 e. The van der Waals surface area contributed by atoms with Gasteiger partial charge in [-0.2, -0.15) is 0 Å². The second-order valence-corrected chi connectivity index (χ2v) is 3.30. The van der Waals surface area contributed by atoms with Crippen molar-refractivity contribution >= 4 is 11.9 Å². The molecule has 0 amide bonds. The predicted molar refractivity (Wildman–Crippen MR) is 43.9 cm³/mol. The molecule has 2 aliphatic heterocycles. The van der Waals surface area contributed by atoms with E-state index < -0.39 is 5.97 Å². The van der Waals surface area contributed by atoms with Crippen molar-refractivity contribution in [1.29, 1.82) is 0 Å². The number of carbonyl (C=O) groups excluding carboxylic acids is 2. The van der Waals surface area contributed by atoms with Crippen LogP contribution in [-0.4, -0.2) is 49.1 Å². The third-order valence-corrected chi connectivity index (χ3v) is 2.44. The number of rotatable bonds is 1. The fourth-order valence-corrected chi connectivity index (χ4v) is 1.74. The molecule has 2 heterocycles. The molecule has 2 aliphatic rings. The third-order valence-electron chi connectivity index (χ3n) is 2.44. The summed E-state index contributed by atoms with van der Waals surface area (Å²) in [5.74, 6) is -0.777. The predicted octanol–water partition coefficient (Wildman–Crippen LogP) is -1.27. The van der Waals surface area contributed by atoms with Crippen LogP contribution in [0, 0.1) is 0 Å². The minimum Gasteiger partial charge on any atom is -0.392 e. The molecule has 5 heteroatoms. The molecule has 72 valence electrons. The van der Waals surface area contributed by atoms with Crippen molar-refractivity contribution in [1.82, 2.24) is 10.2 Å². The summed E-state index contributed by atoms with van der Waals surface area (Å²) in [6.07, 6.45) is 0.221. The summed E-state index contributed by atoms with van der Waals surface area (Å²) in [7, 11) is 0. The normalized spacial score (nSPS) is 30.6. The van der Waals surface area contributed by atoms with Gasteiger partial charge in [-0.05, 0) is 0 Å². The number of esters is 2. The number of nitrogens with zero attached hydrogens (tertiary/aromatic N) is 1. The summed E-state index contributed by atoms with van der Waals surface area (Å²) in [4.78, 5) is 24.0. The lowest BCUT2D eigenvalue weighted by molar-refractivity contribution is -0.153. The van der Waals surface area contributed by atoms with Crippen LogP contribution in [0.15, 0.2) is 0 Å². The molecule has 2 saturated heterocycles. The van der Waals surface area contributed by atoms with E-state index in [2.05, 4.69) is 10.1 Å². The van der Waals surface area contributed by atoms with E-state index in [0.717, 1.165) is 26.2 Å². The second kappa shape index (κ2) is 3.43. The number of hydrogen-bond acceptors (Lipinski definition) is 5. The molecular formula is C8H12N2O3. The van der Waals surface area contributed by atoms with E-state index in [1.807, 2.05) is 4.90 Å². The van der Waals surface area contributed by atoms with Crippen LogP contribution in [0.5, 0.6) is 0 Å². The van der Waals surface area contributed by atoms with Crippen LogP contribution < -0.4 is 5.32 Å². The highest BCUT2D eigenvalue weighted by atomic mass is 16.6. The number of ether oxygens (including phenoxy) is 1. The van der Waals surface area contributed by atoms with Gasteiger partial charge in [0.15, 0.2) is 0 Å². The largest absolute Gasteiger partial charge is 0.392 e. The molecule has 0 aromatic heterocycles. The lowest BCUT2D eigenvalue weighted by atomic mass is 10.2. The van der Waals surface area contributed by atoms with Crippen molar-refractivity contribution in [3.8, 4) is 0 Å². The highest BCUT2D eigenvalue weighted by Crippen LogP contribution is 2.15. The van der Waals surface area contributed by atoms with Gasteiger partial charge >= 0.3 is 11.9 Å². The van der Waals surface area contributed by atoms with Gasteiger partial charge in [0, 0.05) is 26.2 Å². The van der Waals surface area contributed by atoms with E-state index in [-0.39, 0.29) is 18.4 Å². The van der Waals surface area contributed by atoms with E-state index in [1.54, 1.807) is 0 Å². The topological polar surface area (TPSA) is 58.6 Å². The first-order valence-corrected chi connectivity index (χ1v) is 4.46. The lowest BCUT2D eigenvalue weighted by Gasteiger charge is -2.29. The Bertz CT molecular complexity index is 236. The number of nitrogens with one attached hydrogen (secondary N) is 1. The van der Waals surface area contributed by atoms with Crippen molar-refractivity contribution in [2.24, 2.45) is 0 Å². The molecule has 1 unspecified atom stereocenters. The van der Waals surface area contributed by atoms with Gasteiger partial charge in [0.2, 0.25) is 0 Å². The van der Waals surface area contributed by atoms with Crippen molar-refractivity contribution < 1.29 is 14.3 Å². The highest BCUT2D eigenvalue weighted by Gasteiger charge is 2.37. The van der Waals surface area contributed by atoms with Crippen molar-refractivity contribution in [3.63, 3.8) is 0 Å². The maximum atomic E-state index is 11.2. The molecule has 0 aliphatic carbocycles. The fraction of sp³-hybridized carbons (Fsp3) is 0.750. The Morgan fingerprint density at radius 1 is 1.31 bits per heavy atom. The van der Waals surface area contributed by atoms with Crippen LogP contribution >= 0.6 is 0 Å². The summed E-state index contributed by atoms with van der Waals surface area (Å²) in [5.41, 5.74) is 0. The molecule has 5 nitrogen and oxygen atoms in total. The zero-order valence-electron chi connectivity index (χ0n) is 7.28. The molecule has 2 fully saturated rings. The van der Waals surface area contributed by atoms with E-state index in [4.69, 9.17) is 0 Å². The molecular weight excluding hydrogens is 172 g/mol. The molecule has 1 N–H and O–H groups in total. The van der Waals surface area contributed by atoms with Gasteiger partial charge in [0.05, 0.1) is 6.42 Å². The van der Waals surface area contributed by atoms with Crippen LogP contribution in [0.3, 0.4) is 0 Å². The van der Waals surface area contributed by atoms with E-state index >= 15 is 0 Å². The average molecular weight is 184 g/mol. The monoisotopic (exact) mass is 184 g/mol. The first-order valence-electron chi connectivity index (χ1n) is 4.46. The zero-order valence-corrected chi connectivity index (χ0v) is 7.28. The number of cyclic esters (lactones) is 2. The molecule has 0 bridgehead atoms. The van der Waals surface area contributed by atoms with Crippen LogP contribution in [0.2, 0.25) is 0 Å². The number of carbonyl (C=O) groups is 2. The Morgan fingerprint density at radius 2 is 2.00 bits per heavy atom. The van der Waals surface area contributed by atoms with Crippen molar-refractivity contribution in [3.05, 3.63) is 0 Å². The molecule has 0 spiro atoms. The molecule has 2 rings (SSSR count).